The van der Waals surface area contributed by atoms with E-state index in [1.165, 1.54) is 12.1 Å². The molecular formula is C19H17N3O6. The van der Waals surface area contributed by atoms with E-state index in [9.17, 15) is 19.7 Å². The zero-order chi connectivity index (χ0) is 20.3. The fourth-order valence-corrected chi connectivity index (χ4v) is 2.64. The third-order valence-electron chi connectivity index (χ3n) is 4.21. The minimum absolute atomic E-state index is 0.0524. The van der Waals surface area contributed by atoms with Crippen LogP contribution in [0.2, 0.25) is 0 Å². The van der Waals surface area contributed by atoms with Crippen molar-refractivity contribution in [2.24, 2.45) is 0 Å². The minimum atomic E-state index is -0.676. The number of benzene rings is 2. The van der Waals surface area contributed by atoms with Crippen molar-refractivity contribution in [3.63, 3.8) is 0 Å². The molecular weight excluding hydrogens is 366 g/mol. The number of carbonyl (C=O) groups excluding carboxylic acids is 2. The molecule has 28 heavy (non-hydrogen) atoms. The molecule has 0 saturated carbocycles. The highest BCUT2D eigenvalue weighted by atomic mass is 16.6. The second kappa shape index (κ2) is 7.87. The second-order valence-electron chi connectivity index (χ2n) is 6.22. The van der Waals surface area contributed by atoms with E-state index in [0.717, 1.165) is 11.1 Å². The van der Waals surface area contributed by atoms with Gasteiger partial charge in [-0.1, -0.05) is 17.3 Å². The number of ether oxygens (including phenoxy) is 1. The van der Waals surface area contributed by atoms with E-state index in [2.05, 4.69) is 10.5 Å². The first kappa shape index (κ1) is 19.0. The molecule has 0 atom stereocenters. The fraction of sp³-hybridized carbons (Fsp3) is 0.211. The molecule has 0 aliphatic heterocycles. The van der Waals surface area contributed by atoms with Gasteiger partial charge in [0.05, 0.1) is 11.3 Å². The number of hydrogen-bond donors (Lipinski definition) is 1. The number of carbonyl (C=O) groups is 2. The van der Waals surface area contributed by atoms with Crippen molar-refractivity contribution < 1.29 is 23.8 Å². The lowest BCUT2D eigenvalue weighted by Crippen LogP contribution is -2.22. The molecule has 0 aliphatic carbocycles. The summed E-state index contributed by atoms with van der Waals surface area (Å²) in [6.07, 6.45) is -0.159. The molecule has 0 fully saturated rings. The molecule has 0 bridgehead atoms. The van der Waals surface area contributed by atoms with E-state index in [1.807, 2.05) is 0 Å². The fourth-order valence-electron chi connectivity index (χ4n) is 2.64. The van der Waals surface area contributed by atoms with Crippen LogP contribution in [-0.2, 0) is 20.7 Å². The highest BCUT2D eigenvalue weighted by Gasteiger charge is 2.19. The molecule has 3 rings (SSSR count). The Kier molecular flexibility index (Phi) is 5.35. The highest BCUT2D eigenvalue weighted by molar-refractivity contribution is 5.95. The Morgan fingerprint density at radius 1 is 1.21 bits per heavy atom. The van der Waals surface area contributed by atoms with Crippen LogP contribution in [0.4, 0.5) is 11.4 Å². The quantitative estimate of drug-likeness (QED) is 0.394. The zero-order valence-corrected chi connectivity index (χ0v) is 15.2. The van der Waals surface area contributed by atoms with Crippen LogP contribution in [0.1, 0.15) is 16.8 Å². The van der Waals surface area contributed by atoms with Crippen molar-refractivity contribution in [2.45, 2.75) is 20.3 Å². The molecule has 1 heterocycles. The van der Waals surface area contributed by atoms with E-state index in [-0.39, 0.29) is 17.8 Å². The van der Waals surface area contributed by atoms with Gasteiger partial charge in [0.15, 0.2) is 12.2 Å². The third-order valence-corrected chi connectivity index (χ3v) is 4.21. The maximum absolute atomic E-state index is 12.1. The van der Waals surface area contributed by atoms with E-state index < -0.39 is 23.4 Å². The minimum Gasteiger partial charge on any atom is -0.455 e. The van der Waals surface area contributed by atoms with Crippen LogP contribution in [0, 0.1) is 24.0 Å². The van der Waals surface area contributed by atoms with Crippen molar-refractivity contribution >= 4 is 34.2 Å². The normalized spacial score (nSPS) is 10.6. The van der Waals surface area contributed by atoms with Gasteiger partial charge < -0.3 is 14.6 Å². The maximum Gasteiger partial charge on any atom is 0.312 e. The standard InChI is InChI=1S/C19H17N3O6/c1-11-7-15(16(22(25)26)8-12(11)2)20-18(23)10-27-19(24)9-14-13-5-3-4-6-17(13)28-21-14/h3-8H,9-10H2,1-2H3,(H,20,23). The van der Waals surface area contributed by atoms with E-state index >= 15 is 0 Å². The van der Waals surface area contributed by atoms with Crippen molar-refractivity contribution in [1.82, 2.24) is 5.16 Å². The molecule has 0 radical (unpaired) electrons. The Bertz CT molecular complexity index is 1070. The van der Waals surface area contributed by atoms with Crippen LogP contribution in [0.5, 0.6) is 0 Å². The SMILES string of the molecule is Cc1cc(NC(=O)COC(=O)Cc2noc3ccccc23)c([N+](=O)[O-])cc1C. The molecule has 1 amide bonds. The van der Waals surface area contributed by atoms with Gasteiger partial charge in [-0.2, -0.15) is 0 Å². The summed E-state index contributed by atoms with van der Waals surface area (Å²) in [5.41, 5.74) is 2.30. The molecule has 9 heteroatoms. The largest absolute Gasteiger partial charge is 0.455 e. The molecule has 3 aromatic rings. The topological polar surface area (TPSA) is 125 Å². The number of aryl methyl sites for hydroxylation is 2. The summed E-state index contributed by atoms with van der Waals surface area (Å²) in [5.74, 6) is -1.34. The lowest BCUT2D eigenvalue weighted by atomic mass is 10.1. The Morgan fingerprint density at radius 2 is 1.93 bits per heavy atom. The molecule has 1 N–H and O–H groups in total. The number of nitro groups is 1. The number of nitrogens with zero attached hydrogens (tertiary/aromatic N) is 2. The summed E-state index contributed by atoms with van der Waals surface area (Å²) in [7, 11) is 0. The summed E-state index contributed by atoms with van der Waals surface area (Å²) < 4.78 is 10.1. The summed E-state index contributed by atoms with van der Waals surface area (Å²) in [6, 6.07) is 9.95. The first-order chi connectivity index (χ1) is 13.3. The molecule has 2 aromatic carbocycles. The van der Waals surface area contributed by atoms with Gasteiger partial charge in [-0.15, -0.1) is 0 Å². The van der Waals surface area contributed by atoms with Crippen molar-refractivity contribution in [3.05, 3.63) is 63.3 Å². The van der Waals surface area contributed by atoms with E-state index in [1.54, 1.807) is 38.1 Å². The van der Waals surface area contributed by atoms with Gasteiger partial charge in [-0.05, 0) is 43.2 Å². The van der Waals surface area contributed by atoms with Crippen LogP contribution < -0.4 is 5.32 Å². The van der Waals surface area contributed by atoms with Gasteiger partial charge in [0, 0.05) is 11.5 Å². The van der Waals surface area contributed by atoms with Crippen LogP contribution in [0.15, 0.2) is 40.9 Å². The molecule has 0 spiro atoms. The number of hydrogen-bond acceptors (Lipinski definition) is 7. The summed E-state index contributed by atoms with van der Waals surface area (Å²) in [4.78, 5) is 34.6. The predicted molar refractivity (Wildman–Crippen MR) is 99.9 cm³/mol. The molecule has 0 saturated heterocycles. The maximum atomic E-state index is 12.1. The second-order valence-corrected chi connectivity index (χ2v) is 6.22. The van der Waals surface area contributed by atoms with Crippen molar-refractivity contribution in [2.75, 3.05) is 11.9 Å². The van der Waals surface area contributed by atoms with Crippen LogP contribution in [0.3, 0.4) is 0 Å². The van der Waals surface area contributed by atoms with Crippen LogP contribution in [-0.4, -0.2) is 28.6 Å². The molecule has 1 aromatic heterocycles. The first-order valence-corrected chi connectivity index (χ1v) is 8.39. The highest BCUT2D eigenvalue weighted by Crippen LogP contribution is 2.27. The lowest BCUT2D eigenvalue weighted by Gasteiger charge is -2.09. The number of para-hydroxylation sites is 1. The van der Waals surface area contributed by atoms with Crippen molar-refractivity contribution in [3.8, 4) is 0 Å². The predicted octanol–water partition coefficient (Wildman–Crippen LogP) is 3.08. The summed E-state index contributed by atoms with van der Waals surface area (Å²) in [5, 5.41) is 18.1. The average Bonchev–Trinajstić information content (AvgIpc) is 3.05. The van der Waals surface area contributed by atoms with Gasteiger partial charge in [0.2, 0.25) is 0 Å². The molecule has 0 unspecified atom stereocenters. The Hall–Kier alpha value is -3.75. The van der Waals surface area contributed by atoms with Gasteiger partial charge in [-0.25, -0.2) is 0 Å². The molecule has 0 aliphatic rings. The number of amides is 1. The van der Waals surface area contributed by atoms with Crippen LogP contribution in [0.25, 0.3) is 11.0 Å². The van der Waals surface area contributed by atoms with E-state index in [0.29, 0.717) is 16.7 Å². The van der Waals surface area contributed by atoms with Gasteiger partial charge in [0.25, 0.3) is 11.6 Å². The number of fused-ring (bicyclic) bond motifs is 1. The van der Waals surface area contributed by atoms with Crippen molar-refractivity contribution in [1.29, 1.82) is 0 Å². The number of nitro benzene ring substituents is 1. The monoisotopic (exact) mass is 383 g/mol. The molecule has 9 nitrogen and oxygen atoms in total. The van der Waals surface area contributed by atoms with Gasteiger partial charge in [-0.3, -0.25) is 19.7 Å². The summed E-state index contributed by atoms with van der Waals surface area (Å²) in [6.45, 7) is 2.94. The first-order valence-electron chi connectivity index (χ1n) is 8.39. The Labute approximate surface area is 159 Å². The van der Waals surface area contributed by atoms with E-state index in [4.69, 9.17) is 9.26 Å². The number of anilines is 1. The zero-order valence-electron chi connectivity index (χ0n) is 15.2. The Morgan fingerprint density at radius 3 is 2.68 bits per heavy atom. The smallest absolute Gasteiger partial charge is 0.312 e. The number of rotatable bonds is 6. The van der Waals surface area contributed by atoms with Crippen LogP contribution >= 0.6 is 0 Å². The average molecular weight is 383 g/mol. The number of esters is 1. The lowest BCUT2D eigenvalue weighted by molar-refractivity contribution is -0.384. The Balaban J connectivity index is 1.61. The number of aromatic nitrogens is 1. The number of nitrogens with one attached hydrogen (secondary N) is 1. The van der Waals surface area contributed by atoms with Gasteiger partial charge in [0.1, 0.15) is 11.4 Å². The summed E-state index contributed by atoms with van der Waals surface area (Å²) >= 11 is 0. The van der Waals surface area contributed by atoms with Gasteiger partial charge >= 0.3 is 5.97 Å². The molecule has 144 valence electrons. The third kappa shape index (κ3) is 4.14.